The van der Waals surface area contributed by atoms with Gasteiger partial charge in [0.2, 0.25) is 11.9 Å². The zero-order valence-electron chi connectivity index (χ0n) is 27.4. The van der Waals surface area contributed by atoms with Crippen molar-refractivity contribution in [2.24, 2.45) is 5.92 Å². The van der Waals surface area contributed by atoms with E-state index in [9.17, 15) is 18.0 Å². The molecule has 2 aliphatic heterocycles. The smallest absolute Gasteiger partial charge is 0.410 e. The quantitative estimate of drug-likeness (QED) is 0.235. The Hall–Kier alpha value is -4.16. The molecule has 13 heteroatoms. The maximum atomic E-state index is 13.6. The summed E-state index contributed by atoms with van der Waals surface area (Å²) in [7, 11) is -3.88. The average molecular weight is 693 g/mol. The van der Waals surface area contributed by atoms with Crippen molar-refractivity contribution in [3.05, 3.63) is 72.0 Å². The number of aromatic nitrogens is 3. The second-order valence-corrected chi connectivity index (χ2v) is 15.7. The first-order valence-corrected chi connectivity index (χ1v) is 18.2. The van der Waals surface area contributed by atoms with Crippen LogP contribution in [0.4, 0.5) is 10.7 Å². The number of carbonyl (C=O) groups is 2. The molecule has 0 radical (unpaired) electrons. The number of anilines is 1. The topological polar surface area (TPSA) is 127 Å². The van der Waals surface area contributed by atoms with Gasteiger partial charge in [-0.3, -0.25) is 4.79 Å². The number of amides is 2. The van der Waals surface area contributed by atoms with Gasteiger partial charge in [0.1, 0.15) is 5.60 Å². The number of nitrogens with one attached hydrogen (secondary N) is 1. The van der Waals surface area contributed by atoms with Gasteiger partial charge >= 0.3 is 6.09 Å². The molecule has 6 rings (SSSR count). The van der Waals surface area contributed by atoms with Gasteiger partial charge in [0.05, 0.1) is 27.3 Å². The van der Waals surface area contributed by atoms with Gasteiger partial charge in [0.25, 0.3) is 10.0 Å². The number of rotatable bonds is 7. The minimum absolute atomic E-state index is 0.0643. The third kappa shape index (κ3) is 7.44. The van der Waals surface area contributed by atoms with Gasteiger partial charge in [0, 0.05) is 55.8 Å². The molecule has 2 saturated heterocycles. The van der Waals surface area contributed by atoms with E-state index >= 15 is 0 Å². The van der Waals surface area contributed by atoms with E-state index in [4.69, 9.17) is 21.3 Å². The van der Waals surface area contributed by atoms with Crippen LogP contribution in [-0.2, 0) is 19.6 Å². The van der Waals surface area contributed by atoms with Crippen LogP contribution in [0.25, 0.3) is 22.2 Å². The van der Waals surface area contributed by atoms with Gasteiger partial charge in [-0.1, -0.05) is 48.0 Å². The third-order valence-electron chi connectivity index (χ3n) is 8.81. The van der Waals surface area contributed by atoms with Crippen molar-refractivity contribution in [3.63, 3.8) is 0 Å². The summed E-state index contributed by atoms with van der Waals surface area (Å²) in [6.45, 7) is 7.96. The number of halogens is 1. The minimum atomic E-state index is -3.88. The molecule has 1 N–H and O–H groups in total. The maximum Gasteiger partial charge on any atom is 0.410 e. The summed E-state index contributed by atoms with van der Waals surface area (Å²) in [5.74, 6) is 0.688. The summed E-state index contributed by atoms with van der Waals surface area (Å²) in [6, 6.07) is 15.5. The number of ether oxygens (including phenoxy) is 1. The highest BCUT2D eigenvalue weighted by atomic mass is 35.5. The Kier molecular flexibility index (Phi) is 9.67. The summed E-state index contributed by atoms with van der Waals surface area (Å²) < 4.78 is 34.0. The zero-order chi connectivity index (χ0) is 34.1. The van der Waals surface area contributed by atoms with Crippen LogP contribution < -0.4 is 5.32 Å². The van der Waals surface area contributed by atoms with Crippen LogP contribution in [0.5, 0.6) is 0 Å². The summed E-state index contributed by atoms with van der Waals surface area (Å²) >= 11 is 6.63. The van der Waals surface area contributed by atoms with E-state index in [1.807, 2.05) is 37.8 Å². The Bertz CT molecular complexity index is 1900. The SMILES string of the molecule is CC(C)(C)OC(=O)N1CCC(CC(=O)N2CCC[C@@H](Nc3ncc(Cl)c(-c4cn(S(=O)(=O)c5ccccc5)c5ccccc45)n3)C2)CC1. The first-order chi connectivity index (χ1) is 22.9. The summed E-state index contributed by atoms with van der Waals surface area (Å²) in [6.07, 6.45) is 6.44. The first-order valence-electron chi connectivity index (χ1n) is 16.3. The largest absolute Gasteiger partial charge is 0.444 e. The van der Waals surface area contributed by atoms with Crippen molar-refractivity contribution in [3.8, 4) is 11.3 Å². The van der Waals surface area contributed by atoms with Gasteiger partial charge in [-0.2, -0.15) is 0 Å². The van der Waals surface area contributed by atoms with E-state index in [1.54, 1.807) is 53.6 Å². The Morgan fingerprint density at radius 1 is 0.979 bits per heavy atom. The minimum Gasteiger partial charge on any atom is -0.444 e. The molecule has 11 nitrogen and oxygen atoms in total. The van der Waals surface area contributed by atoms with Crippen molar-refractivity contribution in [2.75, 3.05) is 31.5 Å². The highest BCUT2D eigenvalue weighted by Crippen LogP contribution is 2.36. The number of piperidine rings is 2. The lowest BCUT2D eigenvalue weighted by molar-refractivity contribution is -0.133. The van der Waals surface area contributed by atoms with Gasteiger partial charge in [-0.15, -0.1) is 0 Å². The van der Waals surface area contributed by atoms with Crippen LogP contribution in [0.2, 0.25) is 5.02 Å². The average Bonchev–Trinajstić information content (AvgIpc) is 3.46. The van der Waals surface area contributed by atoms with E-state index in [0.29, 0.717) is 65.7 Å². The number of carbonyl (C=O) groups excluding carboxylic acids is 2. The lowest BCUT2D eigenvalue weighted by Crippen LogP contribution is -2.46. The number of likely N-dealkylation sites (tertiary alicyclic amines) is 2. The number of benzene rings is 2. The summed E-state index contributed by atoms with van der Waals surface area (Å²) in [5, 5.41) is 4.38. The Morgan fingerprint density at radius 3 is 2.42 bits per heavy atom. The molecule has 0 saturated carbocycles. The van der Waals surface area contributed by atoms with Crippen LogP contribution in [0.15, 0.2) is 71.9 Å². The van der Waals surface area contributed by atoms with E-state index in [2.05, 4.69) is 10.3 Å². The number of hydrogen-bond acceptors (Lipinski definition) is 8. The van der Waals surface area contributed by atoms with Crippen molar-refractivity contribution < 1.29 is 22.7 Å². The molecule has 1 atom stereocenters. The van der Waals surface area contributed by atoms with Crippen LogP contribution >= 0.6 is 11.6 Å². The number of fused-ring (bicyclic) bond motifs is 1. The molecule has 4 aromatic rings. The van der Waals surface area contributed by atoms with Crippen LogP contribution in [0.1, 0.15) is 52.9 Å². The third-order valence-corrected chi connectivity index (χ3v) is 10.8. The van der Waals surface area contributed by atoms with E-state index in [-0.39, 0.29) is 28.9 Å². The van der Waals surface area contributed by atoms with Gasteiger partial charge < -0.3 is 19.9 Å². The van der Waals surface area contributed by atoms with E-state index < -0.39 is 15.6 Å². The van der Waals surface area contributed by atoms with Crippen LogP contribution in [-0.4, -0.2) is 82.0 Å². The molecule has 2 aromatic heterocycles. The Labute approximate surface area is 286 Å². The maximum absolute atomic E-state index is 13.6. The van der Waals surface area contributed by atoms with Crippen molar-refractivity contribution >= 4 is 50.5 Å². The normalized spacial score (nSPS) is 17.8. The predicted octanol–water partition coefficient (Wildman–Crippen LogP) is 6.43. The molecule has 2 amide bonds. The van der Waals surface area contributed by atoms with Crippen LogP contribution in [0.3, 0.4) is 0 Å². The van der Waals surface area contributed by atoms with Gasteiger partial charge in [-0.25, -0.2) is 27.2 Å². The highest BCUT2D eigenvalue weighted by Gasteiger charge is 2.31. The van der Waals surface area contributed by atoms with Crippen molar-refractivity contribution in [1.29, 1.82) is 0 Å². The first kappa shape index (κ1) is 33.7. The van der Waals surface area contributed by atoms with Crippen molar-refractivity contribution in [1.82, 2.24) is 23.7 Å². The lowest BCUT2D eigenvalue weighted by Gasteiger charge is -2.36. The molecule has 2 aliphatic rings. The highest BCUT2D eigenvalue weighted by molar-refractivity contribution is 7.90. The lowest BCUT2D eigenvalue weighted by atomic mass is 9.92. The van der Waals surface area contributed by atoms with Gasteiger partial charge in [-0.05, 0) is 70.6 Å². The molecule has 48 heavy (non-hydrogen) atoms. The fraction of sp³-hybridized carbons (Fsp3) is 0.429. The summed E-state index contributed by atoms with van der Waals surface area (Å²) in [4.78, 5) is 38.8. The molecular weight excluding hydrogens is 652 g/mol. The molecule has 0 unspecified atom stereocenters. The molecule has 2 aromatic carbocycles. The van der Waals surface area contributed by atoms with E-state index in [1.165, 1.54) is 10.2 Å². The van der Waals surface area contributed by atoms with Crippen molar-refractivity contribution in [2.45, 2.75) is 69.4 Å². The summed E-state index contributed by atoms with van der Waals surface area (Å²) in [5.41, 5.74) is 0.957. The van der Waals surface area contributed by atoms with Gasteiger partial charge in [0.15, 0.2) is 0 Å². The second-order valence-electron chi connectivity index (χ2n) is 13.5. The number of hydrogen-bond donors (Lipinski definition) is 1. The monoisotopic (exact) mass is 692 g/mol. The number of para-hydroxylation sites is 1. The molecular formula is C35H41ClN6O5S. The molecule has 0 spiro atoms. The second kappa shape index (κ2) is 13.8. The molecule has 0 bridgehead atoms. The standard InChI is InChI=1S/C35H41ClN6O5S/c1-35(2,3)47-34(44)40-18-15-24(16-19-40)20-31(43)41-17-9-10-25(22-41)38-33-37-21-29(36)32(39-33)28-23-42(30-14-8-7-13-27(28)30)48(45,46)26-11-5-4-6-12-26/h4-8,11-14,21,23-25H,9-10,15-20,22H2,1-3H3,(H,37,38,39)/t25-/m1/s1. The fourth-order valence-corrected chi connectivity index (χ4v) is 7.98. The Balaban J connectivity index is 1.13. The molecule has 4 heterocycles. The Morgan fingerprint density at radius 2 is 1.69 bits per heavy atom. The van der Waals surface area contributed by atoms with Crippen LogP contribution in [0, 0.1) is 5.92 Å². The molecule has 254 valence electrons. The zero-order valence-corrected chi connectivity index (χ0v) is 29.0. The molecule has 0 aliphatic carbocycles. The number of nitrogens with zero attached hydrogens (tertiary/aromatic N) is 5. The van der Waals surface area contributed by atoms with E-state index in [0.717, 1.165) is 25.7 Å². The molecule has 2 fully saturated rings. The predicted molar refractivity (Wildman–Crippen MR) is 185 cm³/mol. The fourth-order valence-electron chi connectivity index (χ4n) is 6.40.